The Morgan fingerprint density at radius 1 is 1.02 bits per heavy atom. The fraction of sp³-hybridized carbons (Fsp3) is 0.676. The highest BCUT2D eigenvalue weighted by molar-refractivity contribution is 6.04. The van der Waals surface area contributed by atoms with Gasteiger partial charge in [-0.25, -0.2) is 4.98 Å². The van der Waals surface area contributed by atoms with Crippen LogP contribution in [0.4, 0.5) is 0 Å². The molecule has 1 aromatic heterocycles. The van der Waals surface area contributed by atoms with Crippen LogP contribution in [-0.4, -0.2) is 27.0 Å². The molecule has 0 N–H and O–H groups in total. The van der Waals surface area contributed by atoms with E-state index in [4.69, 9.17) is 0 Å². The summed E-state index contributed by atoms with van der Waals surface area (Å²) in [5.41, 5.74) is -1.05. The van der Waals surface area contributed by atoms with E-state index >= 15 is 0 Å². The second-order valence-electron chi connectivity index (χ2n) is 15.7. The van der Waals surface area contributed by atoms with E-state index in [1.807, 2.05) is 26.0 Å². The number of imidazole rings is 1. The highest BCUT2D eigenvalue weighted by Gasteiger charge is 2.70. The number of carbonyl (C=O) groups excluding carboxylic acids is 3. The summed E-state index contributed by atoms with van der Waals surface area (Å²) in [6.45, 7) is 15.3. The smallest absolute Gasteiger partial charge is 0.238 e. The summed E-state index contributed by atoms with van der Waals surface area (Å²) in [6, 6.07) is 2.18. The number of Topliss-reactive ketones (excluding diaryl/α,β-unsaturated/α-hetero) is 1. The Bertz CT molecular complexity index is 1420. The molecular formula is C34H43N3O3. The van der Waals surface area contributed by atoms with Crippen molar-refractivity contribution in [3.8, 4) is 6.07 Å². The molecule has 5 aliphatic carbocycles. The number of rotatable bonds is 1. The van der Waals surface area contributed by atoms with E-state index in [1.165, 1.54) is 0 Å². The number of carbonyl (C=O) groups is 3. The van der Waals surface area contributed by atoms with Crippen LogP contribution in [0, 0.1) is 61.6 Å². The molecule has 6 heteroatoms. The minimum atomic E-state index is -0.677. The molecule has 0 amide bonds. The number of allylic oxidation sites excluding steroid dienone is 4. The monoisotopic (exact) mass is 541 g/mol. The summed E-state index contributed by atoms with van der Waals surface area (Å²) in [6.07, 6.45) is 14.7. The molecule has 0 aliphatic heterocycles. The molecule has 0 radical (unpaired) electrons. The van der Waals surface area contributed by atoms with Crippen molar-refractivity contribution in [2.45, 2.75) is 93.4 Å². The van der Waals surface area contributed by atoms with E-state index in [1.54, 1.807) is 23.3 Å². The molecule has 0 aromatic carbocycles. The third-order valence-electron chi connectivity index (χ3n) is 13.0. The van der Waals surface area contributed by atoms with E-state index in [9.17, 15) is 19.6 Å². The van der Waals surface area contributed by atoms with Crippen molar-refractivity contribution in [2.75, 3.05) is 0 Å². The Hall–Kier alpha value is -2.81. The molecule has 5 aliphatic rings. The third-order valence-corrected chi connectivity index (χ3v) is 13.0. The summed E-state index contributed by atoms with van der Waals surface area (Å²) in [5.74, 6) is -0.144. The van der Waals surface area contributed by atoms with Gasteiger partial charge in [0.25, 0.3) is 0 Å². The van der Waals surface area contributed by atoms with Crippen molar-refractivity contribution in [3.05, 3.63) is 42.0 Å². The molecule has 212 valence electrons. The lowest BCUT2D eigenvalue weighted by atomic mass is 9.34. The summed E-state index contributed by atoms with van der Waals surface area (Å²) < 4.78 is 1.64. The van der Waals surface area contributed by atoms with E-state index in [2.05, 4.69) is 45.7 Å². The SMILES string of the molecule is CC1(C)CC[C@]2(C(=O)n3ccnc3)CC[C@]3(C)[C@H](C(=O)C=C4C3(C)CC[C@@H]3C(C)(C)C(=O)C(C#N)=C[C@]43C)[C@@H]2C1. The molecular weight excluding hydrogens is 498 g/mol. The number of hydrogen-bond acceptors (Lipinski definition) is 5. The maximum Gasteiger partial charge on any atom is 0.238 e. The topological polar surface area (TPSA) is 92.8 Å². The second kappa shape index (κ2) is 8.14. The zero-order valence-corrected chi connectivity index (χ0v) is 25.1. The summed E-state index contributed by atoms with van der Waals surface area (Å²) in [7, 11) is 0. The molecule has 3 saturated carbocycles. The molecule has 0 spiro atoms. The minimum Gasteiger partial charge on any atom is -0.295 e. The predicted octanol–water partition coefficient (Wildman–Crippen LogP) is 6.74. The van der Waals surface area contributed by atoms with Crippen molar-refractivity contribution in [1.82, 2.24) is 9.55 Å². The van der Waals surface area contributed by atoms with Gasteiger partial charge in [-0.1, -0.05) is 60.1 Å². The van der Waals surface area contributed by atoms with Gasteiger partial charge >= 0.3 is 0 Å². The van der Waals surface area contributed by atoms with Crippen LogP contribution in [0.5, 0.6) is 0 Å². The Kier molecular flexibility index (Phi) is 5.57. The molecule has 6 rings (SSSR count). The number of hydrogen-bond donors (Lipinski definition) is 0. The maximum absolute atomic E-state index is 14.6. The molecule has 1 heterocycles. The fourth-order valence-electron chi connectivity index (χ4n) is 10.6. The molecule has 1 aromatic rings. The van der Waals surface area contributed by atoms with Crippen LogP contribution in [0.15, 0.2) is 42.0 Å². The van der Waals surface area contributed by atoms with Crippen LogP contribution in [0.2, 0.25) is 0 Å². The van der Waals surface area contributed by atoms with Gasteiger partial charge in [0, 0.05) is 29.1 Å². The summed E-state index contributed by atoms with van der Waals surface area (Å²) in [4.78, 5) is 46.2. The number of ketones is 2. The van der Waals surface area contributed by atoms with Crippen molar-refractivity contribution in [1.29, 1.82) is 5.26 Å². The van der Waals surface area contributed by atoms with E-state index in [0.717, 1.165) is 50.5 Å². The second-order valence-corrected chi connectivity index (χ2v) is 15.7. The Morgan fingerprint density at radius 3 is 2.38 bits per heavy atom. The van der Waals surface area contributed by atoms with Crippen LogP contribution in [0.3, 0.4) is 0 Å². The molecule has 0 saturated heterocycles. The van der Waals surface area contributed by atoms with Gasteiger partial charge in [0.1, 0.15) is 12.4 Å². The van der Waals surface area contributed by atoms with Gasteiger partial charge < -0.3 is 0 Å². The maximum atomic E-state index is 14.6. The molecule has 40 heavy (non-hydrogen) atoms. The molecule has 6 nitrogen and oxygen atoms in total. The van der Waals surface area contributed by atoms with Crippen LogP contribution in [0.1, 0.15) is 98.2 Å². The average molecular weight is 542 g/mol. The summed E-state index contributed by atoms with van der Waals surface area (Å²) >= 11 is 0. The lowest BCUT2D eigenvalue weighted by Crippen LogP contribution is -2.66. The zero-order chi connectivity index (χ0) is 29.1. The first-order valence-electron chi connectivity index (χ1n) is 15.0. The average Bonchev–Trinajstić information content (AvgIpc) is 3.42. The number of nitriles is 1. The lowest BCUT2D eigenvalue weighted by molar-refractivity contribution is -0.164. The first kappa shape index (κ1) is 27.4. The van der Waals surface area contributed by atoms with E-state index < -0.39 is 16.2 Å². The first-order chi connectivity index (χ1) is 18.6. The van der Waals surface area contributed by atoms with Crippen LogP contribution in [-0.2, 0) is 9.59 Å². The van der Waals surface area contributed by atoms with Gasteiger partial charge in [0.15, 0.2) is 11.6 Å². The Morgan fingerprint density at radius 2 is 1.73 bits per heavy atom. The van der Waals surface area contributed by atoms with Crippen LogP contribution >= 0.6 is 0 Å². The van der Waals surface area contributed by atoms with Gasteiger partial charge in [-0.2, -0.15) is 5.26 Å². The third kappa shape index (κ3) is 3.21. The van der Waals surface area contributed by atoms with Gasteiger partial charge in [0.05, 0.1) is 11.0 Å². The van der Waals surface area contributed by atoms with Crippen LogP contribution < -0.4 is 0 Å². The number of fused-ring (bicyclic) bond motifs is 7. The van der Waals surface area contributed by atoms with Crippen molar-refractivity contribution < 1.29 is 14.4 Å². The quantitative estimate of drug-likeness (QED) is 0.392. The molecule has 1 unspecified atom stereocenters. The van der Waals surface area contributed by atoms with Gasteiger partial charge in [0.2, 0.25) is 5.91 Å². The van der Waals surface area contributed by atoms with Crippen molar-refractivity contribution in [2.24, 2.45) is 50.2 Å². The minimum absolute atomic E-state index is 0.0241. The highest BCUT2D eigenvalue weighted by atomic mass is 16.2. The summed E-state index contributed by atoms with van der Waals surface area (Å²) in [5, 5.41) is 9.92. The van der Waals surface area contributed by atoms with Gasteiger partial charge in [-0.15, -0.1) is 0 Å². The predicted molar refractivity (Wildman–Crippen MR) is 152 cm³/mol. The van der Waals surface area contributed by atoms with E-state index in [0.29, 0.717) is 0 Å². The Balaban J connectivity index is 1.53. The normalized spacial score (nSPS) is 43.2. The largest absolute Gasteiger partial charge is 0.295 e. The van der Waals surface area contributed by atoms with Crippen molar-refractivity contribution in [3.63, 3.8) is 0 Å². The van der Waals surface area contributed by atoms with Gasteiger partial charge in [-0.05, 0) is 79.1 Å². The Labute approximate surface area is 238 Å². The fourth-order valence-corrected chi connectivity index (χ4v) is 10.6. The van der Waals surface area contributed by atoms with Crippen molar-refractivity contribution >= 4 is 17.5 Å². The first-order valence-corrected chi connectivity index (χ1v) is 15.0. The zero-order valence-electron chi connectivity index (χ0n) is 25.1. The number of aromatic nitrogens is 2. The van der Waals surface area contributed by atoms with E-state index in [-0.39, 0.29) is 57.0 Å². The molecule has 0 bridgehead atoms. The van der Waals surface area contributed by atoms with Gasteiger partial charge in [-0.3, -0.25) is 19.0 Å². The highest BCUT2D eigenvalue weighted by Crippen LogP contribution is 2.74. The molecule has 3 fully saturated rings. The number of nitrogens with zero attached hydrogens (tertiary/aromatic N) is 3. The van der Waals surface area contributed by atoms with Crippen LogP contribution in [0.25, 0.3) is 0 Å². The lowest BCUT2D eigenvalue weighted by Gasteiger charge is -2.69. The standard InChI is InChI=1S/C34H43N3O3/c1-29(2)10-12-34(28(40)37-15-14-36-20-37)13-11-33(7)26(22(34)18-29)23(38)16-25-31(5)17-21(19-35)27(39)30(3,4)24(31)8-9-32(25,33)6/h14-17,20,22,24,26H,8-13,18H2,1-7H3/t22-,24+,26-,31-,32?,33+,34-/m0/s1. The molecule has 7 atom stereocenters.